The number of hydrogen-bond donors (Lipinski definition) is 1. The third-order valence-corrected chi connectivity index (χ3v) is 3.31. The van der Waals surface area contributed by atoms with E-state index < -0.39 is 0 Å². The van der Waals surface area contributed by atoms with Gasteiger partial charge in [0, 0.05) is 17.6 Å². The van der Waals surface area contributed by atoms with Gasteiger partial charge in [0.05, 0.1) is 0 Å². The maximum absolute atomic E-state index is 6.18. The van der Waals surface area contributed by atoms with Crippen LogP contribution in [-0.2, 0) is 6.42 Å². The van der Waals surface area contributed by atoms with Crippen LogP contribution < -0.4 is 0 Å². The lowest BCUT2D eigenvalue weighted by molar-refractivity contribution is 0.938. The summed E-state index contributed by atoms with van der Waals surface area (Å²) in [5.74, 6) is 0.883. The van der Waals surface area contributed by atoms with Crippen molar-refractivity contribution in [3.63, 3.8) is 0 Å². The van der Waals surface area contributed by atoms with E-state index in [0.29, 0.717) is 11.2 Å². The van der Waals surface area contributed by atoms with Gasteiger partial charge in [-0.15, -0.1) is 0 Å². The number of fused-ring (bicyclic) bond motifs is 2. The molecule has 0 radical (unpaired) electrons. The number of H-pyrrole nitrogens is 1. The Bertz CT molecular complexity index is 639. The largest absolute Gasteiger partial charge is 0.279 e. The minimum Gasteiger partial charge on any atom is -0.279 e. The number of nitrogens with zero attached hydrogens (tertiary/aromatic N) is 2. The highest BCUT2D eigenvalue weighted by atomic mass is 35.5. The summed E-state index contributed by atoms with van der Waals surface area (Å²) in [6.45, 7) is 0. The van der Waals surface area contributed by atoms with Crippen LogP contribution in [0.2, 0.25) is 5.02 Å². The number of aromatic nitrogens is 3. The zero-order chi connectivity index (χ0) is 11.1. The van der Waals surface area contributed by atoms with Crippen molar-refractivity contribution in [3.8, 4) is 0 Å². The molecule has 1 N–H and O–H groups in total. The SMILES string of the molecule is S=c1[nH]nc2n1C=Cc1cccc(Cl)c1C2. The van der Waals surface area contributed by atoms with Gasteiger partial charge in [-0.1, -0.05) is 23.7 Å². The fourth-order valence-corrected chi connectivity index (χ4v) is 2.31. The minimum atomic E-state index is 0.607. The quantitative estimate of drug-likeness (QED) is 0.621. The molecular weight excluding hydrogens is 242 g/mol. The molecular formula is C11H8ClN3S. The number of nitrogens with one attached hydrogen (secondary N) is 1. The Kier molecular flexibility index (Phi) is 2.19. The van der Waals surface area contributed by atoms with Crippen LogP contribution in [0.25, 0.3) is 12.3 Å². The maximum atomic E-state index is 6.18. The van der Waals surface area contributed by atoms with Gasteiger partial charge in [0.1, 0.15) is 5.82 Å². The highest BCUT2D eigenvalue weighted by Gasteiger charge is 2.13. The molecule has 0 spiro atoms. The van der Waals surface area contributed by atoms with Crippen molar-refractivity contribution >= 4 is 36.1 Å². The summed E-state index contributed by atoms with van der Waals surface area (Å²) in [6.07, 6.45) is 4.61. The zero-order valence-electron chi connectivity index (χ0n) is 8.27. The van der Waals surface area contributed by atoms with E-state index in [2.05, 4.69) is 10.2 Å². The van der Waals surface area contributed by atoms with Gasteiger partial charge >= 0.3 is 0 Å². The second kappa shape index (κ2) is 3.57. The summed E-state index contributed by atoms with van der Waals surface area (Å²) in [4.78, 5) is 0. The molecule has 0 saturated carbocycles. The van der Waals surface area contributed by atoms with Crippen LogP contribution in [0.4, 0.5) is 0 Å². The molecule has 0 unspecified atom stereocenters. The van der Waals surface area contributed by atoms with E-state index >= 15 is 0 Å². The van der Waals surface area contributed by atoms with Gasteiger partial charge in [-0.05, 0) is 35.5 Å². The van der Waals surface area contributed by atoms with Gasteiger partial charge in [-0.25, -0.2) is 0 Å². The van der Waals surface area contributed by atoms with Gasteiger partial charge in [0.2, 0.25) is 0 Å². The van der Waals surface area contributed by atoms with Gasteiger partial charge in [-0.2, -0.15) is 5.10 Å². The predicted octanol–water partition coefficient (Wildman–Crippen LogP) is 3.13. The Hall–Kier alpha value is -1.39. The molecule has 0 saturated heterocycles. The van der Waals surface area contributed by atoms with E-state index in [4.69, 9.17) is 23.8 Å². The monoisotopic (exact) mass is 249 g/mol. The average Bonchev–Trinajstić information content (AvgIpc) is 2.51. The standard InChI is InChI=1S/C11H8ClN3S/c12-9-3-1-2-7-4-5-15-10(6-8(7)9)13-14-11(15)16/h1-5H,6H2,(H,14,16). The van der Waals surface area contributed by atoms with E-state index in [0.717, 1.165) is 22.0 Å². The molecule has 2 aromatic rings. The average molecular weight is 250 g/mol. The third kappa shape index (κ3) is 1.42. The van der Waals surface area contributed by atoms with E-state index in [9.17, 15) is 0 Å². The topological polar surface area (TPSA) is 33.6 Å². The Balaban J connectivity index is 2.26. The molecule has 80 valence electrons. The first-order valence-corrected chi connectivity index (χ1v) is 5.66. The van der Waals surface area contributed by atoms with E-state index in [1.54, 1.807) is 0 Å². The number of aromatic amines is 1. The van der Waals surface area contributed by atoms with Crippen molar-refractivity contribution in [2.45, 2.75) is 6.42 Å². The molecule has 3 rings (SSSR count). The van der Waals surface area contributed by atoms with Crippen LogP contribution in [0.5, 0.6) is 0 Å². The summed E-state index contributed by atoms with van der Waals surface area (Å²) < 4.78 is 2.47. The summed E-state index contributed by atoms with van der Waals surface area (Å²) in [7, 11) is 0. The summed E-state index contributed by atoms with van der Waals surface area (Å²) in [5.41, 5.74) is 2.21. The lowest BCUT2D eigenvalue weighted by Crippen LogP contribution is -1.97. The summed E-state index contributed by atoms with van der Waals surface area (Å²) >= 11 is 11.3. The van der Waals surface area contributed by atoms with Crippen LogP contribution in [0.1, 0.15) is 17.0 Å². The molecule has 1 aliphatic rings. The number of hydrogen-bond acceptors (Lipinski definition) is 2. The van der Waals surface area contributed by atoms with Crippen molar-refractivity contribution in [2.75, 3.05) is 0 Å². The molecule has 0 fully saturated rings. The smallest absolute Gasteiger partial charge is 0.199 e. The van der Waals surface area contributed by atoms with Gasteiger partial charge < -0.3 is 0 Å². The summed E-state index contributed by atoms with van der Waals surface area (Å²) in [6, 6.07) is 5.88. The minimum absolute atomic E-state index is 0.607. The first-order chi connectivity index (χ1) is 7.75. The number of benzene rings is 1. The van der Waals surface area contributed by atoms with Crippen LogP contribution in [0, 0.1) is 4.77 Å². The molecule has 0 amide bonds. The van der Waals surface area contributed by atoms with Crippen molar-refractivity contribution in [1.29, 1.82) is 0 Å². The first-order valence-electron chi connectivity index (χ1n) is 4.87. The van der Waals surface area contributed by atoms with Crippen molar-refractivity contribution < 1.29 is 0 Å². The molecule has 5 heteroatoms. The Morgan fingerprint density at radius 1 is 1.44 bits per heavy atom. The Morgan fingerprint density at radius 3 is 3.19 bits per heavy atom. The number of rotatable bonds is 0. The highest BCUT2D eigenvalue weighted by Crippen LogP contribution is 2.26. The second-order valence-corrected chi connectivity index (χ2v) is 4.41. The normalized spacial score (nSPS) is 13.1. The second-order valence-electron chi connectivity index (χ2n) is 3.62. The lowest BCUT2D eigenvalue weighted by atomic mass is 10.1. The molecule has 3 nitrogen and oxygen atoms in total. The molecule has 0 bridgehead atoms. The van der Waals surface area contributed by atoms with Gasteiger partial charge in [-0.3, -0.25) is 9.67 Å². The van der Waals surface area contributed by atoms with Gasteiger partial charge in [0.25, 0.3) is 0 Å². The van der Waals surface area contributed by atoms with Crippen LogP contribution >= 0.6 is 23.8 Å². The van der Waals surface area contributed by atoms with Crippen molar-refractivity contribution in [2.24, 2.45) is 0 Å². The van der Waals surface area contributed by atoms with Crippen LogP contribution in [0.15, 0.2) is 18.2 Å². The Labute approximate surface area is 102 Å². The Morgan fingerprint density at radius 2 is 2.31 bits per heavy atom. The van der Waals surface area contributed by atoms with E-state index in [-0.39, 0.29) is 0 Å². The molecule has 0 atom stereocenters. The fraction of sp³-hybridized carbons (Fsp3) is 0.0909. The number of halogens is 1. The molecule has 1 aromatic carbocycles. The first kappa shape index (κ1) is 9.81. The van der Waals surface area contributed by atoms with Crippen molar-refractivity contribution in [3.05, 3.63) is 44.9 Å². The molecule has 2 heterocycles. The van der Waals surface area contributed by atoms with Crippen LogP contribution in [0.3, 0.4) is 0 Å². The summed E-state index contributed by atoms with van der Waals surface area (Å²) in [5, 5.41) is 7.74. The molecule has 1 aromatic heterocycles. The van der Waals surface area contributed by atoms with E-state index in [1.165, 1.54) is 0 Å². The van der Waals surface area contributed by atoms with Crippen LogP contribution in [-0.4, -0.2) is 14.8 Å². The lowest BCUT2D eigenvalue weighted by Gasteiger charge is -2.04. The fourth-order valence-electron chi connectivity index (χ4n) is 1.85. The van der Waals surface area contributed by atoms with Gasteiger partial charge in [0.15, 0.2) is 4.77 Å². The van der Waals surface area contributed by atoms with E-state index in [1.807, 2.05) is 35.0 Å². The van der Waals surface area contributed by atoms with Crippen molar-refractivity contribution in [1.82, 2.24) is 14.8 Å². The molecule has 1 aliphatic heterocycles. The highest BCUT2D eigenvalue weighted by molar-refractivity contribution is 7.71. The zero-order valence-corrected chi connectivity index (χ0v) is 9.85. The predicted molar refractivity (Wildman–Crippen MR) is 66.9 cm³/mol. The molecule has 0 aliphatic carbocycles. The maximum Gasteiger partial charge on any atom is 0.199 e. The third-order valence-electron chi connectivity index (χ3n) is 2.67. The molecule has 16 heavy (non-hydrogen) atoms.